The lowest BCUT2D eigenvalue weighted by atomic mass is 10.1. The van der Waals surface area contributed by atoms with Crippen LogP contribution in [-0.2, 0) is 10.7 Å². The number of nitrogens with one attached hydrogen (secondary N) is 1. The largest absolute Gasteiger partial charge is 0.352 e. The van der Waals surface area contributed by atoms with Crippen LogP contribution >= 0.6 is 11.6 Å². The summed E-state index contributed by atoms with van der Waals surface area (Å²) in [5.41, 5.74) is 1.77. The Morgan fingerprint density at radius 3 is 2.46 bits per heavy atom. The lowest BCUT2D eigenvalue weighted by molar-refractivity contribution is -0.117. The number of hydrogen-bond acceptors (Lipinski definition) is 2. The molecule has 0 fully saturated rings. The molecule has 0 unspecified atom stereocenters. The lowest BCUT2D eigenvalue weighted by Crippen LogP contribution is -2.27. The zero-order valence-corrected chi connectivity index (χ0v) is 15.6. The molecule has 0 spiro atoms. The number of carbonyl (C=O) groups is 1. The minimum Gasteiger partial charge on any atom is -0.352 e. The van der Waals surface area contributed by atoms with Gasteiger partial charge in [-0.2, -0.15) is 0 Å². The molecule has 0 radical (unpaired) electrons. The lowest BCUT2D eigenvalue weighted by Gasteiger charge is -2.09. The van der Waals surface area contributed by atoms with Crippen LogP contribution in [-0.4, -0.2) is 38.0 Å². The number of halogens is 1. The molecule has 0 aliphatic rings. The third-order valence-electron chi connectivity index (χ3n) is 3.48. The summed E-state index contributed by atoms with van der Waals surface area (Å²) in [5, 5.41) is 5.29. The Labute approximate surface area is 150 Å². The van der Waals surface area contributed by atoms with E-state index in [1.54, 1.807) is 6.92 Å². The van der Waals surface area contributed by atoms with Crippen molar-refractivity contribution in [2.75, 3.05) is 27.2 Å². The van der Waals surface area contributed by atoms with Gasteiger partial charge in [0.15, 0.2) is 0 Å². The Bertz CT molecular complexity index is 662. The van der Waals surface area contributed by atoms with Gasteiger partial charge in [-0.15, -0.1) is 11.6 Å². The maximum Gasteiger partial charge on any atom is 0.246 e. The maximum atomic E-state index is 11.0. The first-order chi connectivity index (χ1) is 11.5. The molecule has 1 amide bonds. The van der Waals surface area contributed by atoms with E-state index in [2.05, 4.69) is 41.1 Å². The average molecular weight is 347 g/mol. The summed E-state index contributed by atoms with van der Waals surface area (Å²) in [6.45, 7) is 6.98. The van der Waals surface area contributed by atoms with Crippen LogP contribution in [0.4, 0.5) is 0 Å². The van der Waals surface area contributed by atoms with E-state index in [1.165, 1.54) is 16.3 Å². The van der Waals surface area contributed by atoms with Crippen molar-refractivity contribution in [1.29, 1.82) is 0 Å². The topological polar surface area (TPSA) is 32.3 Å². The Balaban J connectivity index is 0.000000240. The fourth-order valence-electron chi connectivity index (χ4n) is 2.16. The van der Waals surface area contributed by atoms with Crippen LogP contribution in [0.25, 0.3) is 10.8 Å². The van der Waals surface area contributed by atoms with Gasteiger partial charge in [0.2, 0.25) is 5.91 Å². The fraction of sp³-hybridized carbons (Fsp3) is 0.350. The van der Waals surface area contributed by atoms with Crippen molar-refractivity contribution in [3.63, 3.8) is 0 Å². The zero-order valence-electron chi connectivity index (χ0n) is 14.8. The average Bonchev–Trinajstić information content (AvgIpc) is 2.58. The van der Waals surface area contributed by atoms with E-state index in [0.29, 0.717) is 11.5 Å². The Morgan fingerprint density at radius 1 is 1.17 bits per heavy atom. The Morgan fingerprint density at radius 2 is 1.83 bits per heavy atom. The van der Waals surface area contributed by atoms with E-state index in [1.807, 2.05) is 32.3 Å². The van der Waals surface area contributed by atoms with Crippen molar-refractivity contribution in [3.05, 3.63) is 60.2 Å². The first-order valence-corrected chi connectivity index (χ1v) is 8.60. The normalized spacial score (nSPS) is 10.2. The second-order valence-electron chi connectivity index (χ2n) is 5.96. The molecule has 0 saturated heterocycles. The van der Waals surface area contributed by atoms with Gasteiger partial charge in [-0.3, -0.25) is 4.79 Å². The van der Waals surface area contributed by atoms with Gasteiger partial charge in [-0.1, -0.05) is 49.0 Å². The van der Waals surface area contributed by atoms with Gasteiger partial charge in [0.1, 0.15) is 0 Å². The van der Waals surface area contributed by atoms with E-state index in [-0.39, 0.29) is 5.91 Å². The Kier molecular flexibility index (Phi) is 9.13. The summed E-state index contributed by atoms with van der Waals surface area (Å²) in [5.74, 6) is 0.537. The van der Waals surface area contributed by atoms with Gasteiger partial charge in [0, 0.05) is 18.0 Å². The van der Waals surface area contributed by atoms with Crippen LogP contribution in [0.2, 0.25) is 0 Å². The molecule has 1 N–H and O–H groups in total. The highest BCUT2D eigenvalue weighted by Gasteiger charge is 1.99. The van der Waals surface area contributed by atoms with Gasteiger partial charge in [0.05, 0.1) is 0 Å². The number of rotatable bonds is 6. The molecule has 2 rings (SSSR count). The second-order valence-corrected chi connectivity index (χ2v) is 6.23. The van der Waals surface area contributed by atoms with Gasteiger partial charge >= 0.3 is 0 Å². The highest BCUT2D eigenvalue weighted by atomic mass is 35.5. The molecular formula is C20H27ClN2O. The maximum absolute atomic E-state index is 11.0. The van der Waals surface area contributed by atoms with E-state index in [4.69, 9.17) is 11.6 Å². The summed E-state index contributed by atoms with van der Waals surface area (Å²) >= 11 is 5.81. The molecule has 0 bridgehead atoms. The quantitative estimate of drug-likeness (QED) is 0.483. The molecule has 130 valence electrons. The molecular weight excluding hydrogens is 320 g/mol. The first kappa shape index (κ1) is 20.2. The first-order valence-electron chi connectivity index (χ1n) is 8.06. The van der Waals surface area contributed by atoms with Crippen LogP contribution in [0.15, 0.2) is 54.6 Å². The molecule has 0 saturated carbocycles. The molecule has 0 aliphatic carbocycles. The van der Waals surface area contributed by atoms with Crippen LogP contribution < -0.4 is 5.32 Å². The number of amides is 1. The molecule has 0 aliphatic heterocycles. The van der Waals surface area contributed by atoms with Crippen molar-refractivity contribution < 1.29 is 4.79 Å². The van der Waals surface area contributed by atoms with E-state index in [9.17, 15) is 4.79 Å². The highest BCUT2D eigenvalue weighted by molar-refractivity contribution is 6.18. The predicted molar refractivity (Wildman–Crippen MR) is 104 cm³/mol. The number of carbonyl (C=O) groups excluding carboxylic acids is 1. The van der Waals surface area contributed by atoms with E-state index >= 15 is 0 Å². The van der Waals surface area contributed by atoms with Crippen molar-refractivity contribution in [3.8, 4) is 0 Å². The molecule has 0 heterocycles. The number of benzene rings is 2. The van der Waals surface area contributed by atoms with Crippen LogP contribution in [0.1, 0.15) is 18.9 Å². The van der Waals surface area contributed by atoms with Gasteiger partial charge in [-0.05, 0) is 50.3 Å². The summed E-state index contributed by atoms with van der Waals surface area (Å²) in [7, 11) is 4.03. The number of alkyl halides is 1. The standard InChI is InChI=1S/C11H9Cl.C9H18N2O/c12-8-10-6-3-5-9-4-1-2-7-11(9)10;1-8(2)9(12)10-6-5-7-11(3)4/h1-7H,8H2;1,5-7H2,2-4H3,(H,10,12). The third kappa shape index (κ3) is 7.16. The molecule has 2 aromatic carbocycles. The van der Waals surface area contributed by atoms with Gasteiger partial charge in [0.25, 0.3) is 0 Å². The summed E-state index contributed by atoms with van der Waals surface area (Å²) in [6, 6.07) is 14.5. The molecule has 0 aromatic heterocycles. The van der Waals surface area contributed by atoms with E-state index in [0.717, 1.165) is 19.5 Å². The smallest absolute Gasteiger partial charge is 0.246 e. The molecule has 24 heavy (non-hydrogen) atoms. The fourth-order valence-corrected chi connectivity index (χ4v) is 2.39. The summed E-state index contributed by atoms with van der Waals surface area (Å²) in [4.78, 5) is 13.1. The molecule has 4 heteroatoms. The molecule has 2 aromatic rings. The third-order valence-corrected chi connectivity index (χ3v) is 3.77. The van der Waals surface area contributed by atoms with Crippen LogP contribution in [0, 0.1) is 0 Å². The zero-order chi connectivity index (χ0) is 17.9. The monoisotopic (exact) mass is 346 g/mol. The summed E-state index contributed by atoms with van der Waals surface area (Å²) in [6.07, 6.45) is 0.978. The van der Waals surface area contributed by atoms with Gasteiger partial charge in [-0.25, -0.2) is 0 Å². The Hall–Kier alpha value is -1.84. The second kappa shape index (κ2) is 10.8. The SMILES string of the molecule is C=C(C)C(=O)NCCCN(C)C.ClCc1cccc2ccccc12. The predicted octanol–water partition coefficient (Wildman–Crippen LogP) is 4.21. The molecule has 3 nitrogen and oxygen atoms in total. The number of nitrogens with zero attached hydrogens (tertiary/aromatic N) is 1. The van der Waals surface area contributed by atoms with Crippen molar-refractivity contribution in [2.24, 2.45) is 0 Å². The van der Waals surface area contributed by atoms with Crippen LogP contribution in [0.5, 0.6) is 0 Å². The summed E-state index contributed by atoms with van der Waals surface area (Å²) < 4.78 is 0. The van der Waals surface area contributed by atoms with Crippen LogP contribution in [0.3, 0.4) is 0 Å². The number of hydrogen-bond donors (Lipinski definition) is 1. The van der Waals surface area contributed by atoms with Gasteiger partial charge < -0.3 is 10.2 Å². The van der Waals surface area contributed by atoms with Crippen molar-refractivity contribution >= 4 is 28.3 Å². The minimum absolute atomic E-state index is 0.0474. The highest BCUT2D eigenvalue weighted by Crippen LogP contribution is 2.19. The number of fused-ring (bicyclic) bond motifs is 1. The van der Waals surface area contributed by atoms with Crippen molar-refractivity contribution in [1.82, 2.24) is 10.2 Å². The molecule has 0 atom stereocenters. The van der Waals surface area contributed by atoms with E-state index < -0.39 is 0 Å². The minimum atomic E-state index is -0.0474. The van der Waals surface area contributed by atoms with Crippen molar-refractivity contribution in [2.45, 2.75) is 19.2 Å².